The van der Waals surface area contributed by atoms with Crippen molar-refractivity contribution in [3.05, 3.63) is 17.8 Å². The lowest BCUT2D eigenvalue weighted by atomic mass is 10.2. The van der Waals surface area contributed by atoms with Gasteiger partial charge in [0.2, 0.25) is 0 Å². The Balaban J connectivity index is 1.69. The van der Waals surface area contributed by atoms with Crippen molar-refractivity contribution in [3.63, 3.8) is 0 Å². The summed E-state index contributed by atoms with van der Waals surface area (Å²) in [4.78, 5) is 16.7. The van der Waals surface area contributed by atoms with Gasteiger partial charge < -0.3 is 15.1 Å². The molecule has 1 aromatic rings. The molecule has 1 amide bonds. The van der Waals surface area contributed by atoms with Crippen molar-refractivity contribution in [1.29, 1.82) is 0 Å². The number of likely N-dealkylation sites (N-methyl/N-ethyl adjacent to an activating group) is 1. The lowest BCUT2D eigenvalue weighted by molar-refractivity contribution is 0.0730. The van der Waals surface area contributed by atoms with Gasteiger partial charge >= 0.3 is 0 Å². The lowest BCUT2D eigenvalue weighted by Crippen LogP contribution is -2.41. The van der Waals surface area contributed by atoms with E-state index >= 15 is 0 Å². The molecule has 6 nitrogen and oxygen atoms in total. The minimum absolute atomic E-state index is 0.00761. The second kappa shape index (κ2) is 6.39. The fourth-order valence-corrected chi connectivity index (χ4v) is 3.25. The summed E-state index contributed by atoms with van der Waals surface area (Å²) in [6.45, 7) is 3.74. The third-order valence-corrected chi connectivity index (χ3v) is 4.38. The Morgan fingerprint density at radius 1 is 1.24 bits per heavy atom. The van der Waals surface area contributed by atoms with E-state index in [1.165, 1.54) is 12.8 Å². The molecule has 0 unspecified atom stereocenters. The summed E-state index contributed by atoms with van der Waals surface area (Å²) in [5.41, 5.74) is 0.459. The molecule has 2 fully saturated rings. The Kier molecular flexibility index (Phi) is 4.34. The smallest absolute Gasteiger partial charge is 0.274 e. The van der Waals surface area contributed by atoms with Crippen molar-refractivity contribution in [2.24, 2.45) is 0 Å². The number of anilines is 1. The highest BCUT2D eigenvalue weighted by Crippen LogP contribution is 2.20. The van der Waals surface area contributed by atoms with E-state index in [4.69, 9.17) is 0 Å². The quantitative estimate of drug-likeness (QED) is 0.892. The summed E-state index contributed by atoms with van der Waals surface area (Å²) in [7, 11) is 1.92. The van der Waals surface area contributed by atoms with Gasteiger partial charge in [0.25, 0.3) is 5.91 Å². The Bertz CT molecular complexity index is 483. The maximum absolute atomic E-state index is 12.5. The van der Waals surface area contributed by atoms with Gasteiger partial charge in [0.15, 0.2) is 11.5 Å². The number of carbonyl (C=O) groups excluding carboxylic acids is 1. The number of nitrogens with one attached hydrogen (secondary N) is 1. The number of rotatable bonds is 4. The molecule has 3 heterocycles. The van der Waals surface area contributed by atoms with E-state index in [9.17, 15) is 4.79 Å². The van der Waals surface area contributed by atoms with E-state index in [-0.39, 0.29) is 11.9 Å². The minimum atomic E-state index is 0.00761. The molecule has 2 aliphatic heterocycles. The molecule has 21 heavy (non-hydrogen) atoms. The Morgan fingerprint density at radius 3 is 2.71 bits per heavy atom. The van der Waals surface area contributed by atoms with Crippen molar-refractivity contribution in [2.75, 3.05) is 38.1 Å². The molecule has 0 radical (unpaired) electrons. The van der Waals surface area contributed by atoms with Crippen molar-refractivity contribution in [2.45, 2.75) is 31.7 Å². The fourth-order valence-electron chi connectivity index (χ4n) is 3.25. The third kappa shape index (κ3) is 3.00. The van der Waals surface area contributed by atoms with Gasteiger partial charge in [-0.05, 0) is 44.9 Å². The van der Waals surface area contributed by atoms with E-state index in [0.717, 1.165) is 44.8 Å². The third-order valence-electron chi connectivity index (χ3n) is 4.38. The molecule has 0 saturated carbocycles. The van der Waals surface area contributed by atoms with Gasteiger partial charge in [-0.15, -0.1) is 10.2 Å². The van der Waals surface area contributed by atoms with Crippen molar-refractivity contribution >= 4 is 11.7 Å². The normalized spacial score (nSPS) is 22.0. The summed E-state index contributed by atoms with van der Waals surface area (Å²) in [5.74, 6) is 0.894. The summed E-state index contributed by atoms with van der Waals surface area (Å²) >= 11 is 0. The predicted octanol–water partition coefficient (Wildman–Crippen LogP) is 0.901. The molecular formula is C15H23N5O. The largest absolute Gasteiger partial charge is 0.355 e. The first-order chi connectivity index (χ1) is 10.3. The second-order valence-electron chi connectivity index (χ2n) is 5.82. The maximum atomic E-state index is 12.5. The molecule has 0 spiro atoms. The molecule has 1 aromatic heterocycles. The van der Waals surface area contributed by atoms with E-state index in [2.05, 4.69) is 20.4 Å². The zero-order valence-electron chi connectivity index (χ0n) is 12.6. The second-order valence-corrected chi connectivity index (χ2v) is 5.82. The summed E-state index contributed by atoms with van der Waals surface area (Å²) in [5, 5.41) is 11.6. The zero-order valence-corrected chi connectivity index (χ0v) is 12.6. The fraction of sp³-hybridized carbons (Fsp3) is 0.667. The maximum Gasteiger partial charge on any atom is 0.274 e. The molecule has 2 saturated heterocycles. The molecule has 2 aliphatic rings. The standard InChI is InChI=1S/C15H23N5O/c1-16-11-12-5-4-10-20(12)15(21)13-6-7-14(18-17-13)19-8-2-3-9-19/h6-7,12,16H,2-5,8-11H2,1H3/t12-/m0/s1. The van der Waals surface area contributed by atoms with E-state index in [1.54, 1.807) is 0 Å². The molecule has 1 N–H and O–H groups in total. The highest BCUT2D eigenvalue weighted by Gasteiger charge is 2.29. The topological polar surface area (TPSA) is 61.4 Å². The van der Waals surface area contributed by atoms with Gasteiger partial charge in [0.1, 0.15) is 0 Å². The number of amides is 1. The first-order valence-electron chi connectivity index (χ1n) is 7.84. The van der Waals surface area contributed by atoms with Crippen LogP contribution in [0.3, 0.4) is 0 Å². The zero-order chi connectivity index (χ0) is 14.7. The molecule has 114 valence electrons. The summed E-state index contributed by atoms with van der Waals surface area (Å²) in [6, 6.07) is 4.02. The molecule has 0 aromatic carbocycles. The SMILES string of the molecule is CNC[C@@H]1CCCN1C(=O)c1ccc(N2CCCC2)nn1. The number of hydrogen-bond acceptors (Lipinski definition) is 5. The summed E-state index contributed by atoms with van der Waals surface area (Å²) < 4.78 is 0. The molecule has 0 aliphatic carbocycles. The predicted molar refractivity (Wildman–Crippen MR) is 81.5 cm³/mol. The highest BCUT2D eigenvalue weighted by atomic mass is 16.2. The van der Waals surface area contributed by atoms with Gasteiger partial charge in [-0.1, -0.05) is 0 Å². The van der Waals surface area contributed by atoms with Crippen LogP contribution in [0.2, 0.25) is 0 Å². The number of nitrogens with zero attached hydrogens (tertiary/aromatic N) is 4. The monoisotopic (exact) mass is 289 g/mol. The van der Waals surface area contributed by atoms with Crippen LogP contribution in [0, 0.1) is 0 Å². The molecular weight excluding hydrogens is 266 g/mol. The van der Waals surface area contributed by atoms with Crippen LogP contribution in [-0.4, -0.2) is 60.3 Å². The molecule has 1 atom stereocenters. The average Bonchev–Trinajstić information content (AvgIpc) is 3.19. The Labute approximate surface area is 125 Å². The van der Waals surface area contributed by atoms with Crippen LogP contribution >= 0.6 is 0 Å². The first-order valence-corrected chi connectivity index (χ1v) is 7.84. The first kappa shape index (κ1) is 14.3. The molecule has 0 bridgehead atoms. The van der Waals surface area contributed by atoms with E-state index < -0.39 is 0 Å². The van der Waals surface area contributed by atoms with Gasteiger partial charge in [0.05, 0.1) is 0 Å². The van der Waals surface area contributed by atoms with Crippen LogP contribution in [0.15, 0.2) is 12.1 Å². The summed E-state index contributed by atoms with van der Waals surface area (Å²) in [6.07, 6.45) is 4.55. The van der Waals surface area contributed by atoms with Crippen LogP contribution < -0.4 is 10.2 Å². The van der Waals surface area contributed by atoms with Gasteiger partial charge in [-0.25, -0.2) is 0 Å². The number of likely N-dealkylation sites (tertiary alicyclic amines) is 1. The van der Waals surface area contributed by atoms with Gasteiger partial charge in [0, 0.05) is 32.2 Å². The minimum Gasteiger partial charge on any atom is -0.355 e. The Morgan fingerprint density at radius 2 is 2.05 bits per heavy atom. The number of carbonyl (C=O) groups is 1. The van der Waals surface area contributed by atoms with Crippen molar-refractivity contribution < 1.29 is 4.79 Å². The number of hydrogen-bond donors (Lipinski definition) is 1. The van der Waals surface area contributed by atoms with Crippen LogP contribution in [0.4, 0.5) is 5.82 Å². The Hall–Kier alpha value is -1.69. The van der Waals surface area contributed by atoms with Crippen LogP contribution in [-0.2, 0) is 0 Å². The van der Waals surface area contributed by atoms with Gasteiger partial charge in [-0.3, -0.25) is 4.79 Å². The molecule has 3 rings (SSSR count). The van der Waals surface area contributed by atoms with Gasteiger partial charge in [-0.2, -0.15) is 0 Å². The van der Waals surface area contributed by atoms with Crippen LogP contribution in [0.25, 0.3) is 0 Å². The highest BCUT2D eigenvalue weighted by molar-refractivity contribution is 5.92. The van der Waals surface area contributed by atoms with E-state index in [1.807, 2.05) is 24.1 Å². The number of aromatic nitrogens is 2. The van der Waals surface area contributed by atoms with Crippen LogP contribution in [0.1, 0.15) is 36.2 Å². The van der Waals surface area contributed by atoms with Crippen molar-refractivity contribution in [1.82, 2.24) is 20.4 Å². The lowest BCUT2D eigenvalue weighted by Gasteiger charge is -2.24. The van der Waals surface area contributed by atoms with Crippen molar-refractivity contribution in [3.8, 4) is 0 Å². The van der Waals surface area contributed by atoms with Crippen LogP contribution in [0.5, 0.6) is 0 Å². The average molecular weight is 289 g/mol. The molecule has 6 heteroatoms. The van der Waals surface area contributed by atoms with E-state index in [0.29, 0.717) is 5.69 Å².